The fourth-order valence-corrected chi connectivity index (χ4v) is 2.51. The van der Waals surface area contributed by atoms with Crippen LogP contribution in [0, 0.1) is 0 Å². The molecule has 7 heteroatoms. The van der Waals surface area contributed by atoms with Crippen molar-refractivity contribution in [3.63, 3.8) is 0 Å². The molecule has 1 aliphatic carbocycles. The van der Waals surface area contributed by atoms with E-state index in [9.17, 15) is 14.4 Å². The Kier molecular flexibility index (Phi) is 3.93. The van der Waals surface area contributed by atoms with Crippen LogP contribution in [0.5, 0.6) is 0 Å². The van der Waals surface area contributed by atoms with Crippen molar-refractivity contribution in [1.82, 2.24) is 10.2 Å². The van der Waals surface area contributed by atoms with E-state index in [4.69, 9.17) is 9.47 Å². The van der Waals surface area contributed by atoms with Gasteiger partial charge in [-0.3, -0.25) is 4.79 Å². The molecule has 2 rings (SSSR count). The summed E-state index contributed by atoms with van der Waals surface area (Å²) in [4.78, 5) is 36.3. The zero-order chi connectivity index (χ0) is 15.8. The Morgan fingerprint density at radius 3 is 2.67 bits per heavy atom. The zero-order valence-electron chi connectivity index (χ0n) is 12.6. The molecule has 116 valence electrons. The van der Waals surface area contributed by atoms with Gasteiger partial charge in [-0.05, 0) is 33.3 Å². The van der Waals surface area contributed by atoms with Gasteiger partial charge in [0.15, 0.2) is 0 Å². The van der Waals surface area contributed by atoms with E-state index in [0.717, 1.165) is 4.90 Å². The molecule has 1 N–H and O–H groups in total. The third-order valence-electron chi connectivity index (χ3n) is 3.24. The molecule has 1 heterocycles. The molecule has 0 bridgehead atoms. The van der Waals surface area contributed by atoms with Gasteiger partial charge in [-0.2, -0.15) is 0 Å². The van der Waals surface area contributed by atoms with E-state index in [2.05, 4.69) is 5.32 Å². The quantitative estimate of drug-likeness (QED) is 0.742. The third kappa shape index (κ3) is 3.34. The van der Waals surface area contributed by atoms with E-state index < -0.39 is 41.9 Å². The zero-order valence-corrected chi connectivity index (χ0v) is 12.6. The standard InChI is InChI=1S/C14H20N2O5/c1-8(17)16-11-9(15-12(18)21-14(2,3)4)6-5-7-10(11)20-13(16)19/h5,7,9-11H,6H2,1-4H3,(H,15,18)/t9-,10-,11+/m0/s1. The van der Waals surface area contributed by atoms with Gasteiger partial charge in [0.25, 0.3) is 0 Å². The Bertz CT molecular complexity index is 494. The third-order valence-corrected chi connectivity index (χ3v) is 3.24. The SMILES string of the molecule is CC(=O)N1C(=O)O[C@H]2C=CC[C@H](NC(=O)OC(C)(C)C)[C@H]21. The first-order valence-electron chi connectivity index (χ1n) is 6.85. The van der Waals surface area contributed by atoms with Crippen LogP contribution in [0.4, 0.5) is 9.59 Å². The maximum absolute atomic E-state index is 11.9. The Labute approximate surface area is 123 Å². The normalized spacial score (nSPS) is 27.9. The molecule has 0 unspecified atom stereocenters. The highest BCUT2D eigenvalue weighted by Crippen LogP contribution is 2.28. The molecule has 3 amide bonds. The molecule has 1 aliphatic heterocycles. The van der Waals surface area contributed by atoms with Gasteiger partial charge in [0, 0.05) is 6.92 Å². The molecule has 2 aliphatic rings. The van der Waals surface area contributed by atoms with Crippen LogP contribution >= 0.6 is 0 Å². The summed E-state index contributed by atoms with van der Waals surface area (Å²) in [6.45, 7) is 6.59. The Balaban J connectivity index is 2.12. The lowest BCUT2D eigenvalue weighted by Crippen LogP contribution is -2.55. The Morgan fingerprint density at radius 2 is 2.10 bits per heavy atom. The van der Waals surface area contributed by atoms with E-state index in [1.165, 1.54) is 6.92 Å². The number of ether oxygens (including phenoxy) is 2. The number of nitrogens with one attached hydrogen (secondary N) is 1. The minimum Gasteiger partial charge on any atom is -0.444 e. The average molecular weight is 296 g/mol. The van der Waals surface area contributed by atoms with Crippen LogP contribution in [0.25, 0.3) is 0 Å². The second-order valence-corrected chi connectivity index (χ2v) is 6.14. The molecule has 3 atom stereocenters. The number of fused-ring (bicyclic) bond motifs is 1. The molecule has 1 saturated heterocycles. The van der Waals surface area contributed by atoms with Crippen molar-refractivity contribution in [1.29, 1.82) is 0 Å². The lowest BCUT2D eigenvalue weighted by molar-refractivity contribution is -0.127. The van der Waals surface area contributed by atoms with Crippen LogP contribution in [0.2, 0.25) is 0 Å². The van der Waals surface area contributed by atoms with Gasteiger partial charge < -0.3 is 14.8 Å². The van der Waals surface area contributed by atoms with E-state index in [1.807, 2.05) is 6.08 Å². The first-order valence-corrected chi connectivity index (χ1v) is 6.85. The molecule has 0 aromatic rings. The lowest BCUT2D eigenvalue weighted by atomic mass is 9.93. The number of alkyl carbamates (subject to hydrolysis) is 1. The number of hydrogen-bond acceptors (Lipinski definition) is 5. The van der Waals surface area contributed by atoms with Crippen LogP contribution in [0.1, 0.15) is 34.1 Å². The van der Waals surface area contributed by atoms with Gasteiger partial charge in [0.05, 0.1) is 6.04 Å². The number of rotatable bonds is 1. The van der Waals surface area contributed by atoms with Crippen molar-refractivity contribution in [2.75, 3.05) is 0 Å². The molecule has 0 radical (unpaired) electrons. The van der Waals surface area contributed by atoms with E-state index in [1.54, 1.807) is 26.8 Å². The topological polar surface area (TPSA) is 84.9 Å². The highest BCUT2D eigenvalue weighted by molar-refractivity contribution is 5.93. The predicted molar refractivity (Wildman–Crippen MR) is 73.5 cm³/mol. The fourth-order valence-electron chi connectivity index (χ4n) is 2.51. The van der Waals surface area contributed by atoms with Crippen LogP contribution < -0.4 is 5.32 Å². The van der Waals surface area contributed by atoms with Gasteiger partial charge in [0.1, 0.15) is 17.7 Å². The maximum Gasteiger partial charge on any atom is 0.417 e. The van der Waals surface area contributed by atoms with Crippen molar-refractivity contribution in [2.24, 2.45) is 0 Å². The number of hydrogen-bond donors (Lipinski definition) is 1. The minimum absolute atomic E-state index is 0.404. The molecule has 1 fully saturated rings. The number of imide groups is 1. The molecule has 0 aromatic heterocycles. The molecule has 0 spiro atoms. The number of carbonyl (C=O) groups excluding carboxylic acids is 3. The molecular weight excluding hydrogens is 276 g/mol. The second kappa shape index (κ2) is 5.38. The Morgan fingerprint density at radius 1 is 1.43 bits per heavy atom. The van der Waals surface area contributed by atoms with Gasteiger partial charge in [-0.15, -0.1) is 0 Å². The van der Waals surface area contributed by atoms with Crippen LogP contribution in [-0.4, -0.2) is 46.8 Å². The first-order chi connectivity index (χ1) is 9.69. The number of amides is 3. The smallest absolute Gasteiger partial charge is 0.417 e. The molecule has 21 heavy (non-hydrogen) atoms. The summed E-state index contributed by atoms with van der Waals surface area (Å²) in [5.74, 6) is -0.404. The van der Waals surface area contributed by atoms with Gasteiger partial charge in [-0.25, -0.2) is 14.5 Å². The first kappa shape index (κ1) is 15.3. The second-order valence-electron chi connectivity index (χ2n) is 6.14. The van der Waals surface area contributed by atoms with Crippen LogP contribution in [0.3, 0.4) is 0 Å². The van der Waals surface area contributed by atoms with Gasteiger partial charge in [-0.1, -0.05) is 6.08 Å². The summed E-state index contributed by atoms with van der Waals surface area (Å²) in [5, 5.41) is 2.71. The summed E-state index contributed by atoms with van der Waals surface area (Å²) in [5.41, 5.74) is -0.615. The van der Waals surface area contributed by atoms with Crippen molar-refractivity contribution >= 4 is 18.1 Å². The monoisotopic (exact) mass is 296 g/mol. The van der Waals surface area contributed by atoms with E-state index >= 15 is 0 Å². The fraction of sp³-hybridized carbons (Fsp3) is 0.643. The van der Waals surface area contributed by atoms with E-state index in [0.29, 0.717) is 6.42 Å². The molecule has 0 saturated carbocycles. The summed E-state index contributed by atoms with van der Waals surface area (Å²) >= 11 is 0. The van der Waals surface area contributed by atoms with Crippen molar-refractivity contribution < 1.29 is 23.9 Å². The van der Waals surface area contributed by atoms with Crippen molar-refractivity contribution in [3.05, 3.63) is 12.2 Å². The maximum atomic E-state index is 11.9. The van der Waals surface area contributed by atoms with Gasteiger partial charge >= 0.3 is 12.2 Å². The van der Waals surface area contributed by atoms with Crippen LogP contribution in [0.15, 0.2) is 12.2 Å². The highest BCUT2D eigenvalue weighted by atomic mass is 16.6. The predicted octanol–water partition coefficient (Wildman–Crippen LogP) is 1.58. The average Bonchev–Trinajstić information content (AvgIpc) is 2.63. The summed E-state index contributed by atoms with van der Waals surface area (Å²) < 4.78 is 10.3. The summed E-state index contributed by atoms with van der Waals surface area (Å²) in [7, 11) is 0. The number of nitrogens with zero attached hydrogens (tertiary/aromatic N) is 1. The number of carbonyl (C=O) groups is 3. The molecule has 7 nitrogen and oxygen atoms in total. The van der Waals surface area contributed by atoms with Crippen molar-refractivity contribution in [3.8, 4) is 0 Å². The Hall–Kier alpha value is -2.05. The molecule has 0 aromatic carbocycles. The van der Waals surface area contributed by atoms with Gasteiger partial charge in [0.2, 0.25) is 5.91 Å². The lowest BCUT2D eigenvalue weighted by Gasteiger charge is -2.32. The largest absolute Gasteiger partial charge is 0.444 e. The summed E-state index contributed by atoms with van der Waals surface area (Å²) in [6.07, 6.45) is 2.26. The van der Waals surface area contributed by atoms with E-state index in [-0.39, 0.29) is 0 Å². The van der Waals surface area contributed by atoms with Crippen molar-refractivity contribution in [2.45, 2.75) is 57.9 Å². The molecular formula is C14H20N2O5. The van der Waals surface area contributed by atoms with Crippen LogP contribution in [-0.2, 0) is 14.3 Å². The minimum atomic E-state index is -0.681. The highest BCUT2D eigenvalue weighted by Gasteiger charge is 2.48. The summed E-state index contributed by atoms with van der Waals surface area (Å²) in [6, 6.07) is -0.960.